The van der Waals surface area contributed by atoms with Crippen LogP contribution < -0.4 is 4.74 Å². The summed E-state index contributed by atoms with van der Waals surface area (Å²) in [5.74, 6) is 1.25. The fourth-order valence-electron chi connectivity index (χ4n) is 2.52. The molecule has 0 aliphatic heterocycles. The lowest BCUT2D eigenvalue weighted by Gasteiger charge is -2.26. The first-order chi connectivity index (χ1) is 9.52. The zero-order valence-electron chi connectivity index (χ0n) is 12.9. The molecule has 2 rings (SSSR count). The van der Waals surface area contributed by atoms with Gasteiger partial charge in [-0.15, -0.1) is 0 Å². The first-order valence-corrected chi connectivity index (χ1v) is 7.25. The molecule has 1 unspecified atom stereocenters. The van der Waals surface area contributed by atoms with Crippen molar-refractivity contribution in [1.29, 1.82) is 0 Å². The summed E-state index contributed by atoms with van der Waals surface area (Å²) in [7, 11) is 1.67. The van der Waals surface area contributed by atoms with Gasteiger partial charge in [0.15, 0.2) is 0 Å². The minimum atomic E-state index is 0.107. The average molecular weight is 272 g/mol. The highest BCUT2D eigenvalue weighted by molar-refractivity contribution is 5.25. The van der Waals surface area contributed by atoms with Crippen molar-refractivity contribution in [2.45, 2.75) is 40.0 Å². The second-order valence-corrected chi connectivity index (χ2v) is 6.24. The maximum Gasteiger partial charge on any atom is 0.235 e. The summed E-state index contributed by atoms with van der Waals surface area (Å²) in [6, 6.07) is 0. The van der Waals surface area contributed by atoms with Gasteiger partial charge in [-0.05, 0) is 24.2 Å². The van der Waals surface area contributed by atoms with Gasteiger partial charge in [-0.3, -0.25) is 4.98 Å². The fraction of sp³-hybridized carbons (Fsp3) is 0.529. The van der Waals surface area contributed by atoms with Gasteiger partial charge >= 0.3 is 0 Å². The van der Waals surface area contributed by atoms with E-state index in [9.17, 15) is 0 Å². The number of ether oxygens (including phenoxy) is 1. The van der Waals surface area contributed by atoms with E-state index >= 15 is 0 Å². The molecule has 3 nitrogen and oxygen atoms in total. The van der Waals surface area contributed by atoms with Crippen LogP contribution in [0.3, 0.4) is 0 Å². The molecule has 1 aromatic heterocycles. The number of allylic oxidation sites excluding steroid dienone is 4. The zero-order valence-corrected chi connectivity index (χ0v) is 12.9. The van der Waals surface area contributed by atoms with E-state index in [2.05, 4.69) is 55.0 Å². The van der Waals surface area contributed by atoms with E-state index in [1.165, 1.54) is 0 Å². The maximum atomic E-state index is 5.44. The summed E-state index contributed by atoms with van der Waals surface area (Å²) in [5.41, 5.74) is 2.06. The molecule has 0 spiro atoms. The SMILES string of the molecule is COc1nc(CC(C)C)cnc1CC1(C)C=CC=CC1. The number of nitrogens with zero attached hydrogens (tertiary/aromatic N) is 2. The van der Waals surface area contributed by atoms with E-state index in [-0.39, 0.29) is 5.41 Å². The topological polar surface area (TPSA) is 35.0 Å². The Morgan fingerprint density at radius 2 is 2.15 bits per heavy atom. The third-order valence-corrected chi connectivity index (χ3v) is 3.57. The molecule has 1 aliphatic carbocycles. The highest BCUT2D eigenvalue weighted by Crippen LogP contribution is 2.33. The second-order valence-electron chi connectivity index (χ2n) is 6.24. The Hall–Kier alpha value is -1.64. The summed E-state index contributed by atoms with van der Waals surface area (Å²) < 4.78 is 5.44. The summed E-state index contributed by atoms with van der Waals surface area (Å²) in [5, 5.41) is 0. The molecule has 108 valence electrons. The standard InChI is InChI=1S/C17H24N2O/c1-13(2)10-14-12-18-15(16(19-14)20-4)11-17(3)8-6-5-7-9-17/h5-8,12-13H,9-11H2,1-4H3. The van der Waals surface area contributed by atoms with Crippen LogP contribution in [-0.4, -0.2) is 17.1 Å². The van der Waals surface area contributed by atoms with Gasteiger partial charge in [0.05, 0.1) is 12.8 Å². The van der Waals surface area contributed by atoms with Crippen molar-refractivity contribution >= 4 is 0 Å². The largest absolute Gasteiger partial charge is 0.480 e. The molecule has 3 heteroatoms. The van der Waals surface area contributed by atoms with Gasteiger partial charge in [0.25, 0.3) is 0 Å². The van der Waals surface area contributed by atoms with Gasteiger partial charge in [0, 0.05) is 12.6 Å². The Kier molecular flexibility index (Phi) is 4.58. The lowest BCUT2D eigenvalue weighted by Crippen LogP contribution is -2.19. The lowest BCUT2D eigenvalue weighted by molar-refractivity contribution is 0.365. The zero-order chi connectivity index (χ0) is 14.6. The predicted molar refractivity (Wildman–Crippen MR) is 81.8 cm³/mol. The van der Waals surface area contributed by atoms with E-state index in [1.807, 2.05) is 6.20 Å². The predicted octanol–water partition coefficient (Wildman–Crippen LogP) is 3.75. The minimum Gasteiger partial charge on any atom is -0.480 e. The number of rotatable bonds is 5. The fourth-order valence-corrected chi connectivity index (χ4v) is 2.52. The van der Waals surface area contributed by atoms with Crippen LogP contribution in [-0.2, 0) is 12.8 Å². The van der Waals surface area contributed by atoms with Crippen LogP contribution in [0, 0.1) is 11.3 Å². The number of aromatic nitrogens is 2. The van der Waals surface area contributed by atoms with Crippen LogP contribution in [0.2, 0.25) is 0 Å². The Labute approximate surface area is 121 Å². The van der Waals surface area contributed by atoms with Crippen molar-refractivity contribution in [3.05, 3.63) is 41.9 Å². The average Bonchev–Trinajstić information content (AvgIpc) is 2.40. The lowest BCUT2D eigenvalue weighted by atomic mass is 9.80. The third kappa shape index (κ3) is 3.69. The van der Waals surface area contributed by atoms with E-state index in [0.717, 1.165) is 30.7 Å². The van der Waals surface area contributed by atoms with Crippen LogP contribution in [0.5, 0.6) is 5.88 Å². The molecule has 0 fully saturated rings. The Morgan fingerprint density at radius 3 is 2.75 bits per heavy atom. The van der Waals surface area contributed by atoms with Gasteiger partial charge < -0.3 is 4.74 Å². The Bertz CT molecular complexity index is 520. The van der Waals surface area contributed by atoms with Crippen LogP contribution in [0.4, 0.5) is 0 Å². The molecule has 0 saturated carbocycles. The molecule has 1 aliphatic rings. The molecule has 0 radical (unpaired) electrons. The molecular formula is C17H24N2O. The van der Waals surface area contributed by atoms with E-state index in [4.69, 9.17) is 4.74 Å². The summed E-state index contributed by atoms with van der Waals surface area (Å²) in [6.07, 6.45) is 13.4. The molecule has 0 aromatic carbocycles. The van der Waals surface area contributed by atoms with Crippen LogP contribution in [0.25, 0.3) is 0 Å². The van der Waals surface area contributed by atoms with E-state index in [1.54, 1.807) is 7.11 Å². The smallest absolute Gasteiger partial charge is 0.235 e. The first kappa shape index (κ1) is 14.8. The van der Waals surface area contributed by atoms with Gasteiger partial charge in [-0.2, -0.15) is 0 Å². The van der Waals surface area contributed by atoms with Crippen LogP contribution in [0.15, 0.2) is 30.5 Å². The van der Waals surface area contributed by atoms with Crippen molar-refractivity contribution in [2.75, 3.05) is 7.11 Å². The number of hydrogen-bond donors (Lipinski definition) is 0. The van der Waals surface area contributed by atoms with Crippen molar-refractivity contribution in [2.24, 2.45) is 11.3 Å². The molecule has 1 atom stereocenters. The Morgan fingerprint density at radius 1 is 1.35 bits per heavy atom. The van der Waals surface area contributed by atoms with Crippen molar-refractivity contribution < 1.29 is 4.74 Å². The van der Waals surface area contributed by atoms with Crippen molar-refractivity contribution in [3.63, 3.8) is 0 Å². The van der Waals surface area contributed by atoms with Gasteiger partial charge in [-0.25, -0.2) is 4.98 Å². The minimum absolute atomic E-state index is 0.107. The Balaban J connectivity index is 2.19. The van der Waals surface area contributed by atoms with Crippen LogP contribution in [0.1, 0.15) is 38.6 Å². The van der Waals surface area contributed by atoms with Gasteiger partial charge in [0.2, 0.25) is 5.88 Å². The third-order valence-electron chi connectivity index (χ3n) is 3.57. The molecule has 1 aromatic rings. The van der Waals surface area contributed by atoms with Gasteiger partial charge in [0.1, 0.15) is 5.69 Å². The highest BCUT2D eigenvalue weighted by Gasteiger charge is 2.24. The number of methoxy groups -OCH3 is 1. The molecule has 0 N–H and O–H groups in total. The molecule has 20 heavy (non-hydrogen) atoms. The normalized spacial score (nSPS) is 21.4. The van der Waals surface area contributed by atoms with E-state index in [0.29, 0.717) is 11.8 Å². The quantitative estimate of drug-likeness (QED) is 0.819. The molecule has 0 saturated heterocycles. The monoisotopic (exact) mass is 272 g/mol. The van der Waals surface area contributed by atoms with Crippen molar-refractivity contribution in [1.82, 2.24) is 9.97 Å². The molecule has 1 heterocycles. The van der Waals surface area contributed by atoms with Gasteiger partial charge in [-0.1, -0.05) is 45.1 Å². The second kappa shape index (κ2) is 6.21. The molecular weight excluding hydrogens is 248 g/mol. The number of hydrogen-bond acceptors (Lipinski definition) is 3. The van der Waals surface area contributed by atoms with Crippen LogP contribution >= 0.6 is 0 Å². The first-order valence-electron chi connectivity index (χ1n) is 7.25. The molecule has 0 amide bonds. The highest BCUT2D eigenvalue weighted by atomic mass is 16.5. The summed E-state index contributed by atoms with van der Waals surface area (Å²) >= 11 is 0. The summed E-state index contributed by atoms with van der Waals surface area (Å²) in [4.78, 5) is 9.20. The van der Waals surface area contributed by atoms with Crippen molar-refractivity contribution in [3.8, 4) is 5.88 Å². The maximum absolute atomic E-state index is 5.44. The summed E-state index contributed by atoms with van der Waals surface area (Å²) in [6.45, 7) is 6.61. The molecule has 0 bridgehead atoms. The van der Waals surface area contributed by atoms with E-state index < -0.39 is 0 Å².